The smallest absolute Gasteiger partial charge is 0.234 e. The van der Waals surface area contributed by atoms with Crippen LogP contribution in [0.5, 0.6) is 0 Å². The van der Waals surface area contributed by atoms with Gasteiger partial charge in [-0.1, -0.05) is 13.8 Å². The van der Waals surface area contributed by atoms with Gasteiger partial charge in [-0.15, -0.1) is 0 Å². The van der Waals surface area contributed by atoms with Gasteiger partial charge in [-0.3, -0.25) is 9.59 Å². The Hall–Kier alpha value is -1.10. The van der Waals surface area contributed by atoms with E-state index in [9.17, 15) is 9.59 Å². The third-order valence-corrected chi connectivity index (χ3v) is 2.76. The summed E-state index contributed by atoms with van der Waals surface area (Å²) in [6, 6.07) is -0.319. The van der Waals surface area contributed by atoms with Crippen molar-refractivity contribution in [1.82, 2.24) is 10.6 Å². The van der Waals surface area contributed by atoms with Crippen molar-refractivity contribution in [2.75, 3.05) is 0 Å². The Morgan fingerprint density at radius 3 is 2.53 bits per heavy atom. The summed E-state index contributed by atoms with van der Waals surface area (Å²) in [5, 5.41) is 5.93. The van der Waals surface area contributed by atoms with Gasteiger partial charge in [0.15, 0.2) is 0 Å². The van der Waals surface area contributed by atoms with Crippen LogP contribution in [0.3, 0.4) is 0 Å². The maximum atomic E-state index is 11.2. The summed E-state index contributed by atoms with van der Waals surface area (Å²) in [5.41, 5.74) is 5.29. The second-order valence-electron chi connectivity index (χ2n) is 4.46. The van der Waals surface area contributed by atoms with Gasteiger partial charge in [0.2, 0.25) is 11.8 Å². The van der Waals surface area contributed by atoms with Crippen molar-refractivity contribution >= 4 is 11.8 Å². The minimum atomic E-state index is -0.370. The number of nitrogens with two attached hydrogens (primary N) is 1. The van der Waals surface area contributed by atoms with Gasteiger partial charge in [-0.2, -0.15) is 0 Å². The van der Waals surface area contributed by atoms with Crippen molar-refractivity contribution in [3.8, 4) is 0 Å². The Bertz CT molecular complexity index is 265. The summed E-state index contributed by atoms with van der Waals surface area (Å²) in [4.78, 5) is 22.3. The summed E-state index contributed by atoms with van der Waals surface area (Å²) in [7, 11) is 0. The van der Waals surface area contributed by atoms with E-state index in [0.29, 0.717) is 6.42 Å². The first-order valence-electron chi connectivity index (χ1n) is 5.26. The van der Waals surface area contributed by atoms with Gasteiger partial charge in [0.1, 0.15) is 0 Å². The van der Waals surface area contributed by atoms with E-state index in [2.05, 4.69) is 10.6 Å². The quantitative estimate of drug-likeness (QED) is 0.581. The van der Waals surface area contributed by atoms with E-state index < -0.39 is 0 Å². The molecular formula is C10H19N3O2. The molecule has 0 saturated carbocycles. The SMILES string of the molecule is CC(C)[C@H](N[C@H]1CC(=O)N[C@H]1C)C(N)=O. The van der Waals surface area contributed by atoms with E-state index in [1.54, 1.807) is 0 Å². The van der Waals surface area contributed by atoms with E-state index in [1.165, 1.54) is 0 Å². The zero-order chi connectivity index (χ0) is 11.6. The lowest BCUT2D eigenvalue weighted by molar-refractivity contribution is -0.122. The Labute approximate surface area is 89.8 Å². The largest absolute Gasteiger partial charge is 0.368 e. The maximum Gasteiger partial charge on any atom is 0.234 e. The number of carbonyl (C=O) groups excluding carboxylic acids is 2. The lowest BCUT2D eigenvalue weighted by atomic mass is 10.0. The van der Waals surface area contributed by atoms with Crippen LogP contribution in [0.15, 0.2) is 0 Å². The molecule has 1 rings (SSSR count). The van der Waals surface area contributed by atoms with E-state index >= 15 is 0 Å². The minimum Gasteiger partial charge on any atom is -0.368 e. The summed E-state index contributed by atoms with van der Waals surface area (Å²) in [6.45, 7) is 5.77. The first kappa shape index (κ1) is 12.0. The summed E-state index contributed by atoms with van der Waals surface area (Å²) < 4.78 is 0. The van der Waals surface area contributed by atoms with Gasteiger partial charge in [0.25, 0.3) is 0 Å². The van der Waals surface area contributed by atoms with Gasteiger partial charge in [0, 0.05) is 18.5 Å². The molecule has 0 aromatic heterocycles. The lowest BCUT2D eigenvalue weighted by Crippen LogP contribution is -2.52. The molecule has 0 aromatic carbocycles. The van der Waals surface area contributed by atoms with E-state index in [0.717, 1.165) is 0 Å². The van der Waals surface area contributed by atoms with E-state index in [-0.39, 0.29) is 35.9 Å². The molecule has 0 bridgehead atoms. The average molecular weight is 213 g/mol. The first-order chi connectivity index (χ1) is 6.91. The molecule has 5 nitrogen and oxygen atoms in total. The van der Waals surface area contributed by atoms with Crippen LogP contribution in [0.1, 0.15) is 27.2 Å². The molecule has 4 N–H and O–H groups in total. The molecule has 3 atom stereocenters. The minimum absolute atomic E-state index is 0.00241. The fourth-order valence-corrected chi connectivity index (χ4v) is 1.83. The van der Waals surface area contributed by atoms with Gasteiger partial charge < -0.3 is 16.4 Å². The summed E-state index contributed by atoms with van der Waals surface area (Å²) >= 11 is 0. The fraction of sp³-hybridized carbons (Fsp3) is 0.800. The second-order valence-corrected chi connectivity index (χ2v) is 4.46. The number of nitrogens with one attached hydrogen (secondary N) is 2. The Balaban J connectivity index is 2.59. The van der Waals surface area contributed by atoms with Crippen molar-refractivity contribution in [2.24, 2.45) is 11.7 Å². The molecule has 1 saturated heterocycles. The highest BCUT2D eigenvalue weighted by molar-refractivity contribution is 5.81. The normalized spacial score (nSPS) is 27.9. The Morgan fingerprint density at radius 2 is 2.20 bits per heavy atom. The highest BCUT2D eigenvalue weighted by Gasteiger charge is 2.32. The van der Waals surface area contributed by atoms with Crippen molar-refractivity contribution < 1.29 is 9.59 Å². The monoisotopic (exact) mass is 213 g/mol. The first-order valence-corrected chi connectivity index (χ1v) is 5.26. The molecule has 0 radical (unpaired) electrons. The number of primary amides is 1. The number of hydrogen-bond donors (Lipinski definition) is 3. The van der Waals surface area contributed by atoms with Crippen LogP contribution < -0.4 is 16.4 Å². The molecule has 15 heavy (non-hydrogen) atoms. The summed E-state index contributed by atoms with van der Waals surface area (Å²) in [6.07, 6.45) is 0.414. The number of hydrogen-bond acceptors (Lipinski definition) is 3. The molecule has 1 aliphatic rings. The van der Waals surface area contributed by atoms with E-state index in [4.69, 9.17) is 5.73 Å². The third kappa shape index (κ3) is 2.92. The van der Waals surface area contributed by atoms with Crippen molar-refractivity contribution in [3.05, 3.63) is 0 Å². The van der Waals surface area contributed by atoms with E-state index in [1.807, 2.05) is 20.8 Å². The third-order valence-electron chi connectivity index (χ3n) is 2.76. The van der Waals surface area contributed by atoms with Crippen LogP contribution in [0.25, 0.3) is 0 Å². The molecule has 0 unspecified atom stereocenters. The summed E-state index contributed by atoms with van der Waals surface area (Å²) in [5.74, 6) is -0.214. The van der Waals surface area contributed by atoms with Gasteiger partial charge in [0.05, 0.1) is 6.04 Å². The molecule has 1 aliphatic heterocycles. The van der Waals surface area contributed by atoms with Gasteiger partial charge in [-0.05, 0) is 12.8 Å². The highest BCUT2D eigenvalue weighted by Crippen LogP contribution is 2.11. The van der Waals surface area contributed by atoms with Gasteiger partial charge >= 0.3 is 0 Å². The van der Waals surface area contributed by atoms with Crippen LogP contribution in [0, 0.1) is 5.92 Å². The van der Waals surface area contributed by atoms with Crippen LogP contribution >= 0.6 is 0 Å². The predicted molar refractivity (Wildman–Crippen MR) is 57.0 cm³/mol. The molecule has 0 aromatic rings. The zero-order valence-electron chi connectivity index (χ0n) is 9.41. The van der Waals surface area contributed by atoms with Gasteiger partial charge in [-0.25, -0.2) is 0 Å². The zero-order valence-corrected chi connectivity index (χ0v) is 9.41. The molecule has 1 fully saturated rings. The molecule has 5 heteroatoms. The fourth-order valence-electron chi connectivity index (χ4n) is 1.83. The lowest BCUT2D eigenvalue weighted by Gasteiger charge is -2.25. The molecular weight excluding hydrogens is 194 g/mol. The van der Waals surface area contributed by atoms with Crippen LogP contribution in [-0.2, 0) is 9.59 Å². The molecule has 0 spiro atoms. The predicted octanol–water partition coefficient (Wildman–Crippen LogP) is -0.637. The second kappa shape index (κ2) is 4.61. The van der Waals surface area contributed by atoms with Crippen molar-refractivity contribution in [3.63, 3.8) is 0 Å². The Kier molecular flexibility index (Phi) is 3.68. The van der Waals surface area contributed by atoms with Crippen molar-refractivity contribution in [1.29, 1.82) is 0 Å². The highest BCUT2D eigenvalue weighted by atomic mass is 16.2. The molecule has 0 aliphatic carbocycles. The van der Waals surface area contributed by atoms with Crippen LogP contribution in [-0.4, -0.2) is 29.9 Å². The maximum absolute atomic E-state index is 11.2. The molecule has 2 amide bonds. The standard InChI is InChI=1S/C10H19N3O2/c1-5(2)9(10(11)15)13-7-4-8(14)12-6(7)3/h5-7,9,13H,4H2,1-3H3,(H2,11,15)(H,12,14)/t6-,7-,9-/m0/s1. The molecule has 86 valence electrons. The van der Waals surface area contributed by atoms with Crippen molar-refractivity contribution in [2.45, 2.75) is 45.3 Å². The van der Waals surface area contributed by atoms with Crippen LogP contribution in [0.4, 0.5) is 0 Å². The topological polar surface area (TPSA) is 84.2 Å². The van der Waals surface area contributed by atoms with Crippen LogP contribution in [0.2, 0.25) is 0 Å². The average Bonchev–Trinajstić information content (AvgIpc) is 2.39. The number of amides is 2. The number of carbonyl (C=O) groups is 2. The number of rotatable bonds is 4. The Morgan fingerprint density at radius 1 is 1.60 bits per heavy atom. The molecule has 1 heterocycles.